The standard InChI is InChI=1S/C14H27NO2/c1-6-7-10(15)8-12(16)11-9-13(2,3)17-14(11,4)5/h10-11H,6-9,15H2,1-5H3. The first kappa shape index (κ1) is 14.7. The van der Waals surface area contributed by atoms with E-state index in [0.717, 1.165) is 19.3 Å². The number of Topliss-reactive ketones (excluding diaryl/α,β-unsaturated/α-hetero) is 1. The summed E-state index contributed by atoms with van der Waals surface area (Å²) in [7, 11) is 0. The summed E-state index contributed by atoms with van der Waals surface area (Å²) in [6, 6.07) is 0.00649. The number of nitrogens with two attached hydrogens (primary N) is 1. The van der Waals surface area contributed by atoms with Crippen LogP contribution in [0.25, 0.3) is 0 Å². The minimum atomic E-state index is -0.355. The van der Waals surface area contributed by atoms with Crippen LogP contribution >= 0.6 is 0 Å². The lowest BCUT2D eigenvalue weighted by atomic mass is 9.82. The Bertz CT molecular complexity index is 284. The summed E-state index contributed by atoms with van der Waals surface area (Å²) in [6.07, 6.45) is 3.24. The Morgan fingerprint density at radius 3 is 2.41 bits per heavy atom. The summed E-state index contributed by atoms with van der Waals surface area (Å²) in [5.74, 6) is 0.252. The number of ether oxygens (including phenoxy) is 1. The third-order valence-corrected chi connectivity index (χ3v) is 3.59. The minimum absolute atomic E-state index is 0.00649. The van der Waals surface area contributed by atoms with E-state index in [1.165, 1.54) is 0 Å². The molecule has 0 aromatic carbocycles. The van der Waals surface area contributed by atoms with Crippen molar-refractivity contribution in [2.45, 2.75) is 77.5 Å². The van der Waals surface area contributed by atoms with E-state index in [1.54, 1.807) is 0 Å². The highest BCUT2D eigenvalue weighted by Crippen LogP contribution is 2.42. The van der Waals surface area contributed by atoms with Crippen molar-refractivity contribution in [3.63, 3.8) is 0 Å². The Hall–Kier alpha value is -0.410. The van der Waals surface area contributed by atoms with Crippen LogP contribution in [0.1, 0.15) is 60.3 Å². The first-order valence-corrected chi connectivity index (χ1v) is 6.66. The fraction of sp³-hybridized carbons (Fsp3) is 0.929. The van der Waals surface area contributed by atoms with E-state index in [0.29, 0.717) is 6.42 Å². The van der Waals surface area contributed by atoms with Gasteiger partial charge in [-0.25, -0.2) is 0 Å². The highest BCUT2D eigenvalue weighted by molar-refractivity contribution is 5.83. The molecule has 17 heavy (non-hydrogen) atoms. The molecule has 2 atom stereocenters. The van der Waals surface area contributed by atoms with Crippen LogP contribution in [0.3, 0.4) is 0 Å². The molecule has 1 aliphatic rings. The van der Waals surface area contributed by atoms with Gasteiger partial charge in [-0.1, -0.05) is 13.3 Å². The van der Waals surface area contributed by atoms with Crippen LogP contribution in [-0.4, -0.2) is 23.0 Å². The average Bonchev–Trinajstić information content (AvgIpc) is 2.34. The molecule has 0 bridgehead atoms. The summed E-state index contributed by atoms with van der Waals surface area (Å²) in [5.41, 5.74) is 5.40. The maximum absolute atomic E-state index is 12.3. The van der Waals surface area contributed by atoms with Crippen LogP contribution in [0, 0.1) is 5.92 Å². The molecule has 0 aromatic rings. The highest BCUT2D eigenvalue weighted by Gasteiger charge is 2.48. The lowest BCUT2D eigenvalue weighted by Gasteiger charge is -2.27. The number of hydrogen-bond donors (Lipinski definition) is 1. The van der Waals surface area contributed by atoms with Crippen LogP contribution in [0.5, 0.6) is 0 Å². The second-order valence-corrected chi connectivity index (χ2v) is 6.44. The Morgan fingerprint density at radius 2 is 2.00 bits per heavy atom. The van der Waals surface area contributed by atoms with Crippen LogP contribution in [0.2, 0.25) is 0 Å². The molecule has 1 saturated heterocycles. The SMILES string of the molecule is CCCC(N)CC(=O)C1CC(C)(C)OC1(C)C. The molecule has 1 rings (SSSR count). The molecule has 2 N–H and O–H groups in total. The summed E-state index contributed by atoms with van der Waals surface area (Å²) in [5, 5.41) is 0. The predicted octanol–water partition coefficient (Wildman–Crippen LogP) is 2.67. The summed E-state index contributed by atoms with van der Waals surface area (Å²) in [6.45, 7) is 10.2. The molecule has 0 radical (unpaired) electrons. The monoisotopic (exact) mass is 241 g/mol. The lowest BCUT2D eigenvalue weighted by Crippen LogP contribution is -2.36. The maximum atomic E-state index is 12.3. The van der Waals surface area contributed by atoms with Gasteiger partial charge in [0.2, 0.25) is 0 Å². The third kappa shape index (κ3) is 3.78. The van der Waals surface area contributed by atoms with Gasteiger partial charge in [-0.05, 0) is 40.5 Å². The maximum Gasteiger partial charge on any atom is 0.140 e. The molecule has 1 fully saturated rings. The molecule has 1 heterocycles. The van der Waals surface area contributed by atoms with Crippen LogP contribution in [0.15, 0.2) is 0 Å². The molecule has 100 valence electrons. The molecule has 2 unspecified atom stereocenters. The molecule has 0 aliphatic carbocycles. The van der Waals surface area contributed by atoms with E-state index >= 15 is 0 Å². The highest BCUT2D eigenvalue weighted by atomic mass is 16.5. The van der Waals surface area contributed by atoms with Crippen LogP contribution in [-0.2, 0) is 9.53 Å². The van der Waals surface area contributed by atoms with E-state index in [9.17, 15) is 4.79 Å². The second kappa shape index (κ2) is 5.07. The molecule has 3 heteroatoms. The summed E-state index contributed by atoms with van der Waals surface area (Å²) < 4.78 is 5.95. The van der Waals surface area contributed by atoms with Gasteiger partial charge < -0.3 is 10.5 Å². The molecule has 0 spiro atoms. The fourth-order valence-corrected chi connectivity index (χ4v) is 2.94. The summed E-state index contributed by atoms with van der Waals surface area (Å²) in [4.78, 5) is 12.3. The van der Waals surface area contributed by atoms with Crippen LogP contribution in [0.4, 0.5) is 0 Å². The van der Waals surface area contributed by atoms with Crippen LogP contribution < -0.4 is 5.73 Å². The minimum Gasteiger partial charge on any atom is -0.369 e. The number of rotatable bonds is 5. The van der Waals surface area contributed by atoms with Gasteiger partial charge in [-0.2, -0.15) is 0 Å². The van der Waals surface area contributed by atoms with E-state index in [4.69, 9.17) is 10.5 Å². The van der Waals surface area contributed by atoms with Gasteiger partial charge in [0.25, 0.3) is 0 Å². The third-order valence-electron chi connectivity index (χ3n) is 3.59. The van der Waals surface area contributed by atoms with Gasteiger partial charge in [0.05, 0.1) is 11.2 Å². The quantitative estimate of drug-likeness (QED) is 0.805. The van der Waals surface area contributed by atoms with Gasteiger partial charge in [-0.3, -0.25) is 4.79 Å². The Kier molecular flexibility index (Phi) is 4.37. The first-order chi connectivity index (χ1) is 7.68. The number of hydrogen-bond acceptors (Lipinski definition) is 3. The zero-order chi connectivity index (χ0) is 13.3. The fourth-order valence-electron chi connectivity index (χ4n) is 2.94. The summed E-state index contributed by atoms with van der Waals surface area (Å²) >= 11 is 0. The van der Waals surface area contributed by atoms with Crippen molar-refractivity contribution >= 4 is 5.78 Å². The topological polar surface area (TPSA) is 52.3 Å². The van der Waals surface area contributed by atoms with Crippen molar-refractivity contribution in [2.24, 2.45) is 11.7 Å². The van der Waals surface area contributed by atoms with E-state index in [1.807, 2.05) is 27.7 Å². The van der Waals surface area contributed by atoms with Gasteiger partial charge in [0, 0.05) is 18.4 Å². The molecule has 0 saturated carbocycles. The largest absolute Gasteiger partial charge is 0.369 e. The van der Waals surface area contributed by atoms with Gasteiger partial charge in [0.1, 0.15) is 5.78 Å². The smallest absolute Gasteiger partial charge is 0.140 e. The van der Waals surface area contributed by atoms with Crippen molar-refractivity contribution in [3.8, 4) is 0 Å². The van der Waals surface area contributed by atoms with Gasteiger partial charge in [-0.15, -0.1) is 0 Å². The predicted molar refractivity (Wildman–Crippen MR) is 69.9 cm³/mol. The lowest BCUT2D eigenvalue weighted by molar-refractivity contribution is -0.129. The molecular formula is C14H27NO2. The van der Waals surface area contributed by atoms with E-state index in [2.05, 4.69) is 6.92 Å². The van der Waals surface area contributed by atoms with E-state index in [-0.39, 0.29) is 28.9 Å². The van der Waals surface area contributed by atoms with E-state index < -0.39 is 0 Å². The van der Waals surface area contributed by atoms with Crippen molar-refractivity contribution < 1.29 is 9.53 Å². The van der Waals surface area contributed by atoms with Crippen molar-refractivity contribution in [1.29, 1.82) is 0 Å². The normalized spacial score (nSPS) is 28.0. The zero-order valence-electron chi connectivity index (χ0n) is 11.9. The Balaban J connectivity index is 2.63. The number of ketones is 1. The van der Waals surface area contributed by atoms with Crippen molar-refractivity contribution in [2.75, 3.05) is 0 Å². The molecule has 3 nitrogen and oxygen atoms in total. The number of carbonyl (C=O) groups excluding carboxylic acids is 1. The molecular weight excluding hydrogens is 214 g/mol. The molecule has 0 amide bonds. The van der Waals surface area contributed by atoms with Gasteiger partial charge >= 0.3 is 0 Å². The Morgan fingerprint density at radius 1 is 1.41 bits per heavy atom. The zero-order valence-corrected chi connectivity index (χ0v) is 11.9. The average molecular weight is 241 g/mol. The van der Waals surface area contributed by atoms with Gasteiger partial charge in [0.15, 0.2) is 0 Å². The first-order valence-electron chi connectivity index (χ1n) is 6.66. The molecule has 1 aliphatic heterocycles. The Labute approximate surface area is 105 Å². The van der Waals surface area contributed by atoms with Crippen molar-refractivity contribution in [1.82, 2.24) is 0 Å². The van der Waals surface area contributed by atoms with Crippen molar-refractivity contribution in [3.05, 3.63) is 0 Å². The second-order valence-electron chi connectivity index (χ2n) is 6.44. The molecule has 0 aromatic heterocycles. The number of carbonyl (C=O) groups is 1.